The highest BCUT2D eigenvalue weighted by Gasteiger charge is 2.33. The average Bonchev–Trinajstić information content (AvgIpc) is 2.98. The first-order valence-corrected chi connectivity index (χ1v) is 15.6. The van der Waals surface area contributed by atoms with E-state index < -0.39 is 28.5 Å². The summed E-state index contributed by atoms with van der Waals surface area (Å²) in [6, 6.07) is 20.7. The zero-order valence-electron chi connectivity index (χ0n) is 23.8. The summed E-state index contributed by atoms with van der Waals surface area (Å²) >= 11 is 6.07. The monoisotopic (exact) mass is 599 g/mol. The Hall–Kier alpha value is -3.56. The molecule has 0 spiro atoms. The van der Waals surface area contributed by atoms with Crippen LogP contribution in [0.25, 0.3) is 0 Å². The average molecular weight is 600 g/mol. The number of amides is 2. The third kappa shape index (κ3) is 8.71. The molecule has 3 rings (SSSR count). The predicted molar refractivity (Wildman–Crippen MR) is 163 cm³/mol. The van der Waals surface area contributed by atoms with Gasteiger partial charge in [-0.3, -0.25) is 13.9 Å². The van der Waals surface area contributed by atoms with Crippen molar-refractivity contribution in [1.29, 1.82) is 0 Å². The van der Waals surface area contributed by atoms with E-state index in [1.54, 1.807) is 66.7 Å². The molecule has 0 aliphatic rings. The Balaban J connectivity index is 2.02. The van der Waals surface area contributed by atoms with E-state index in [0.29, 0.717) is 36.0 Å². The quantitative estimate of drug-likeness (QED) is 0.228. The van der Waals surface area contributed by atoms with E-state index in [2.05, 4.69) is 5.32 Å². The number of nitrogens with zero attached hydrogens (tertiary/aromatic N) is 2. The second-order valence-corrected chi connectivity index (χ2v) is 11.8. The summed E-state index contributed by atoms with van der Waals surface area (Å²) in [6.07, 6.45) is 2.08. The highest BCUT2D eigenvalue weighted by Crippen LogP contribution is 2.27. The summed E-state index contributed by atoms with van der Waals surface area (Å²) in [4.78, 5) is 28.8. The molecule has 1 atom stereocenters. The molecular formula is C31H38ClN3O5S. The number of hydrogen-bond donors (Lipinski definition) is 1. The largest absolute Gasteiger partial charge is 0.494 e. The van der Waals surface area contributed by atoms with Gasteiger partial charge in [-0.25, -0.2) is 8.42 Å². The lowest BCUT2D eigenvalue weighted by Crippen LogP contribution is -2.52. The molecule has 41 heavy (non-hydrogen) atoms. The van der Waals surface area contributed by atoms with Gasteiger partial charge in [0.05, 0.1) is 17.2 Å². The van der Waals surface area contributed by atoms with Crippen molar-refractivity contribution < 1.29 is 22.7 Å². The van der Waals surface area contributed by atoms with Crippen molar-refractivity contribution in [3.63, 3.8) is 0 Å². The van der Waals surface area contributed by atoms with Gasteiger partial charge in [0.15, 0.2) is 0 Å². The van der Waals surface area contributed by atoms with Crippen molar-refractivity contribution in [3.05, 3.63) is 89.4 Å². The minimum absolute atomic E-state index is 0.0512. The molecule has 0 unspecified atom stereocenters. The van der Waals surface area contributed by atoms with Gasteiger partial charge in [-0.1, -0.05) is 62.2 Å². The molecular weight excluding hydrogens is 562 g/mol. The molecule has 0 bridgehead atoms. The number of unbranched alkanes of at least 4 members (excludes halogenated alkanes) is 1. The second-order valence-electron chi connectivity index (χ2n) is 9.47. The Morgan fingerprint density at radius 1 is 0.927 bits per heavy atom. The maximum atomic E-state index is 14.1. The number of ether oxygens (including phenoxy) is 1. The van der Waals surface area contributed by atoms with Crippen LogP contribution < -0.4 is 14.4 Å². The number of benzene rings is 3. The SMILES string of the molecule is CCCCNC(=O)[C@@H](CC)N(Cc1ccc(Cl)cc1)C(=O)CN(c1ccc(OCC)cc1)S(=O)(=O)c1ccccc1. The van der Waals surface area contributed by atoms with Crippen molar-refractivity contribution in [3.8, 4) is 5.75 Å². The Morgan fingerprint density at radius 2 is 1.59 bits per heavy atom. The highest BCUT2D eigenvalue weighted by molar-refractivity contribution is 7.92. The molecule has 3 aromatic rings. The first-order valence-electron chi connectivity index (χ1n) is 13.8. The number of rotatable bonds is 15. The van der Waals surface area contributed by atoms with Gasteiger partial charge in [-0.15, -0.1) is 0 Å². The van der Waals surface area contributed by atoms with Crippen molar-refractivity contribution in [2.24, 2.45) is 0 Å². The van der Waals surface area contributed by atoms with Gasteiger partial charge in [0.2, 0.25) is 11.8 Å². The molecule has 0 radical (unpaired) electrons. The molecule has 0 aromatic heterocycles. The van der Waals surface area contributed by atoms with Gasteiger partial charge >= 0.3 is 0 Å². The molecule has 1 N–H and O–H groups in total. The number of sulfonamides is 1. The van der Waals surface area contributed by atoms with Crippen molar-refractivity contribution in [2.75, 3.05) is 24.0 Å². The van der Waals surface area contributed by atoms with Crippen LogP contribution in [0.5, 0.6) is 5.75 Å². The Kier molecular flexibility index (Phi) is 12.0. The molecule has 0 fully saturated rings. The molecule has 0 aliphatic carbocycles. The third-order valence-electron chi connectivity index (χ3n) is 6.53. The molecule has 0 saturated carbocycles. The van der Waals surface area contributed by atoms with Gasteiger partial charge in [0, 0.05) is 18.1 Å². The summed E-state index contributed by atoms with van der Waals surface area (Å²) in [6.45, 7) is 6.28. The van der Waals surface area contributed by atoms with E-state index in [1.165, 1.54) is 17.0 Å². The Bertz CT molecular complexity index is 1370. The van der Waals surface area contributed by atoms with Crippen LogP contribution in [0.1, 0.15) is 45.6 Å². The zero-order valence-corrected chi connectivity index (χ0v) is 25.3. The fraction of sp³-hybridized carbons (Fsp3) is 0.355. The lowest BCUT2D eigenvalue weighted by atomic mass is 10.1. The molecule has 2 amide bonds. The van der Waals surface area contributed by atoms with Crippen LogP contribution in [0.2, 0.25) is 5.02 Å². The topological polar surface area (TPSA) is 96.0 Å². The molecule has 0 heterocycles. The first-order chi connectivity index (χ1) is 19.7. The lowest BCUT2D eigenvalue weighted by molar-refractivity contribution is -0.140. The standard InChI is InChI=1S/C31H38ClN3O5S/c1-4-7-21-33-31(37)29(5-2)34(22-24-13-15-25(32)16-14-24)30(36)23-35(26-17-19-27(20-18-26)40-6-3)41(38,39)28-11-9-8-10-12-28/h8-20,29H,4-7,21-23H2,1-3H3,(H,33,37)/t29-/m1/s1. The summed E-state index contributed by atoms with van der Waals surface area (Å²) in [5.41, 5.74) is 1.07. The number of carbonyl (C=O) groups excluding carboxylic acids is 2. The van der Waals surface area contributed by atoms with E-state index in [-0.39, 0.29) is 17.3 Å². The van der Waals surface area contributed by atoms with Crippen LogP contribution in [0.4, 0.5) is 5.69 Å². The smallest absolute Gasteiger partial charge is 0.264 e. The van der Waals surface area contributed by atoms with E-state index in [4.69, 9.17) is 16.3 Å². The summed E-state index contributed by atoms with van der Waals surface area (Å²) < 4.78 is 34.4. The zero-order chi connectivity index (χ0) is 29.8. The predicted octanol–water partition coefficient (Wildman–Crippen LogP) is 5.66. The fourth-order valence-electron chi connectivity index (χ4n) is 4.34. The van der Waals surface area contributed by atoms with Crippen LogP contribution in [-0.4, -0.2) is 50.9 Å². The number of nitrogens with one attached hydrogen (secondary N) is 1. The minimum Gasteiger partial charge on any atom is -0.494 e. The van der Waals surface area contributed by atoms with Gasteiger partial charge in [0.25, 0.3) is 10.0 Å². The molecule has 0 aliphatic heterocycles. The molecule has 220 valence electrons. The van der Waals surface area contributed by atoms with Crippen LogP contribution in [0, 0.1) is 0 Å². The van der Waals surface area contributed by atoms with E-state index in [1.807, 2.05) is 20.8 Å². The van der Waals surface area contributed by atoms with Gasteiger partial charge in [0.1, 0.15) is 18.3 Å². The summed E-state index contributed by atoms with van der Waals surface area (Å²) in [5.74, 6) is -0.202. The summed E-state index contributed by atoms with van der Waals surface area (Å²) in [7, 11) is -4.13. The van der Waals surface area contributed by atoms with Crippen molar-refractivity contribution in [1.82, 2.24) is 10.2 Å². The fourth-order valence-corrected chi connectivity index (χ4v) is 5.90. The van der Waals surface area contributed by atoms with Gasteiger partial charge in [-0.05, 0) is 73.9 Å². The number of halogens is 1. The Morgan fingerprint density at radius 3 is 2.17 bits per heavy atom. The minimum atomic E-state index is -4.13. The van der Waals surface area contributed by atoms with Gasteiger partial charge < -0.3 is 15.0 Å². The number of anilines is 1. The van der Waals surface area contributed by atoms with Crippen molar-refractivity contribution >= 4 is 39.1 Å². The Labute approximate surface area is 248 Å². The van der Waals surface area contributed by atoms with Crippen molar-refractivity contribution in [2.45, 2.75) is 57.5 Å². The maximum absolute atomic E-state index is 14.1. The van der Waals surface area contributed by atoms with E-state index in [0.717, 1.165) is 22.7 Å². The lowest BCUT2D eigenvalue weighted by Gasteiger charge is -2.33. The molecule has 3 aromatic carbocycles. The summed E-state index contributed by atoms with van der Waals surface area (Å²) in [5, 5.41) is 3.47. The van der Waals surface area contributed by atoms with Crippen LogP contribution >= 0.6 is 11.6 Å². The van der Waals surface area contributed by atoms with Crippen LogP contribution in [0.3, 0.4) is 0 Å². The third-order valence-corrected chi connectivity index (χ3v) is 8.57. The highest BCUT2D eigenvalue weighted by atomic mass is 35.5. The number of carbonyl (C=O) groups is 2. The van der Waals surface area contributed by atoms with E-state index >= 15 is 0 Å². The van der Waals surface area contributed by atoms with Crippen LogP contribution in [0.15, 0.2) is 83.8 Å². The second kappa shape index (κ2) is 15.4. The van der Waals surface area contributed by atoms with E-state index in [9.17, 15) is 18.0 Å². The van der Waals surface area contributed by atoms with Gasteiger partial charge in [-0.2, -0.15) is 0 Å². The first kappa shape index (κ1) is 32.0. The molecule has 8 nitrogen and oxygen atoms in total. The van der Waals surface area contributed by atoms with Crippen LogP contribution in [-0.2, 0) is 26.2 Å². The molecule has 0 saturated heterocycles. The maximum Gasteiger partial charge on any atom is 0.264 e. The number of hydrogen-bond acceptors (Lipinski definition) is 5. The normalized spacial score (nSPS) is 11.9. The molecule has 10 heteroatoms.